The number of carbonyl (C=O) groups is 3. The first-order valence-electron chi connectivity index (χ1n) is 15.7. The van der Waals surface area contributed by atoms with Crippen LogP contribution in [0.25, 0.3) is 0 Å². The standard InChI is InChI=1S/C34H43N9O3/c1-21(18-35)43(26-12-13-26)29(44)19-36-33(2,3)20-34(32-37-39-40-38-32)27-14-10-24(30(45)41(4)5)16-22(27)8-9-23-17-25(11-15-28(23)34)31(46)42(6)7/h10-11,14-17,21,26,36H,8-9,12-13,19-20H2,1-7H3,(H,37,38,39,40). The number of tetrazole rings is 1. The number of fused-ring (bicyclic) bond motifs is 2. The highest BCUT2D eigenvalue weighted by Gasteiger charge is 2.48. The molecule has 1 heterocycles. The molecule has 1 unspecified atom stereocenters. The highest BCUT2D eigenvalue weighted by molar-refractivity contribution is 5.95. The van der Waals surface area contributed by atoms with Gasteiger partial charge in [-0.3, -0.25) is 14.4 Å². The second-order valence-corrected chi connectivity index (χ2v) is 13.5. The largest absolute Gasteiger partial charge is 0.345 e. The smallest absolute Gasteiger partial charge is 0.253 e. The molecule has 1 atom stereocenters. The third-order valence-electron chi connectivity index (χ3n) is 9.11. The van der Waals surface area contributed by atoms with Crippen molar-refractivity contribution < 1.29 is 14.4 Å². The Bertz CT molecular complexity index is 1600. The Morgan fingerprint density at radius 1 is 1.00 bits per heavy atom. The van der Waals surface area contributed by atoms with Crippen molar-refractivity contribution in [1.29, 1.82) is 5.26 Å². The Hall–Kier alpha value is -4.63. The number of hydrogen-bond donors (Lipinski definition) is 2. The van der Waals surface area contributed by atoms with Gasteiger partial charge >= 0.3 is 0 Å². The van der Waals surface area contributed by atoms with Crippen molar-refractivity contribution >= 4 is 17.7 Å². The van der Waals surface area contributed by atoms with E-state index >= 15 is 0 Å². The van der Waals surface area contributed by atoms with Gasteiger partial charge in [-0.25, -0.2) is 5.10 Å². The van der Waals surface area contributed by atoms with E-state index in [-0.39, 0.29) is 30.3 Å². The lowest BCUT2D eigenvalue weighted by Crippen LogP contribution is -2.52. The highest BCUT2D eigenvalue weighted by Crippen LogP contribution is 2.48. The van der Waals surface area contributed by atoms with Crippen LogP contribution in [0.1, 0.15) is 88.8 Å². The summed E-state index contributed by atoms with van der Waals surface area (Å²) in [7, 11) is 6.92. The van der Waals surface area contributed by atoms with E-state index in [4.69, 9.17) is 0 Å². The first kappa shape index (κ1) is 32.8. The van der Waals surface area contributed by atoms with E-state index in [1.807, 2.05) is 50.2 Å². The Kier molecular flexibility index (Phi) is 9.00. The summed E-state index contributed by atoms with van der Waals surface area (Å²) in [6, 6.07) is 13.4. The van der Waals surface area contributed by atoms with Gasteiger partial charge in [0.15, 0.2) is 5.82 Å². The lowest BCUT2D eigenvalue weighted by molar-refractivity contribution is -0.132. The molecule has 1 aromatic heterocycles. The minimum absolute atomic E-state index is 0.0620. The zero-order chi connectivity index (χ0) is 33.4. The molecule has 3 amide bonds. The summed E-state index contributed by atoms with van der Waals surface area (Å²) < 4.78 is 0. The summed E-state index contributed by atoms with van der Waals surface area (Å²) in [5.41, 5.74) is 3.44. The molecule has 0 spiro atoms. The highest BCUT2D eigenvalue weighted by atomic mass is 16.2. The second-order valence-electron chi connectivity index (χ2n) is 13.5. The Morgan fingerprint density at radius 3 is 1.98 bits per heavy atom. The molecule has 0 aliphatic heterocycles. The summed E-state index contributed by atoms with van der Waals surface area (Å²) in [4.78, 5) is 44.3. The summed E-state index contributed by atoms with van der Waals surface area (Å²) >= 11 is 0. The van der Waals surface area contributed by atoms with Crippen LogP contribution in [0.2, 0.25) is 0 Å². The number of amides is 3. The number of hydrogen-bond acceptors (Lipinski definition) is 8. The van der Waals surface area contributed by atoms with Crippen molar-refractivity contribution in [3.8, 4) is 6.07 Å². The van der Waals surface area contributed by atoms with E-state index in [2.05, 4.69) is 32.0 Å². The van der Waals surface area contributed by atoms with Gasteiger partial charge in [0.25, 0.3) is 11.8 Å². The predicted molar refractivity (Wildman–Crippen MR) is 172 cm³/mol. The maximum absolute atomic E-state index is 13.4. The van der Waals surface area contributed by atoms with Crippen molar-refractivity contribution in [2.75, 3.05) is 34.7 Å². The predicted octanol–water partition coefficient (Wildman–Crippen LogP) is 2.70. The molecular formula is C34H43N9O3. The number of nitriles is 1. The zero-order valence-corrected chi connectivity index (χ0v) is 27.7. The summed E-state index contributed by atoms with van der Waals surface area (Å²) in [5.74, 6) is 0.222. The summed E-state index contributed by atoms with van der Waals surface area (Å²) in [6.07, 6.45) is 3.52. The number of aryl methyl sites for hydroxylation is 2. The van der Waals surface area contributed by atoms with Gasteiger partial charge in [0.2, 0.25) is 5.91 Å². The minimum atomic E-state index is -0.931. The maximum atomic E-state index is 13.4. The van der Waals surface area contributed by atoms with Crippen molar-refractivity contribution in [3.05, 3.63) is 75.6 Å². The van der Waals surface area contributed by atoms with Crippen LogP contribution in [0.3, 0.4) is 0 Å². The molecule has 0 radical (unpaired) electrons. The molecule has 0 saturated heterocycles. The molecule has 242 valence electrons. The zero-order valence-electron chi connectivity index (χ0n) is 27.7. The van der Waals surface area contributed by atoms with Gasteiger partial charge in [0.1, 0.15) is 6.04 Å². The van der Waals surface area contributed by atoms with E-state index in [0.29, 0.717) is 36.2 Å². The molecule has 12 heteroatoms. The number of H-pyrrole nitrogens is 1. The molecule has 2 aromatic carbocycles. The molecule has 2 N–H and O–H groups in total. The van der Waals surface area contributed by atoms with Gasteiger partial charge in [-0.2, -0.15) is 5.26 Å². The number of benzene rings is 2. The fraction of sp³-hybridized carbons (Fsp3) is 0.500. The van der Waals surface area contributed by atoms with Crippen LogP contribution in [0.15, 0.2) is 36.4 Å². The van der Waals surface area contributed by atoms with E-state index in [0.717, 1.165) is 35.1 Å². The van der Waals surface area contributed by atoms with Gasteiger partial charge < -0.3 is 20.0 Å². The second kappa shape index (κ2) is 12.6. The third kappa shape index (κ3) is 6.24. The van der Waals surface area contributed by atoms with E-state index < -0.39 is 17.0 Å². The average Bonchev–Trinajstić information content (AvgIpc) is 3.73. The molecule has 5 rings (SSSR count). The lowest BCUT2D eigenvalue weighted by Gasteiger charge is -2.41. The molecule has 0 bridgehead atoms. The SMILES string of the molecule is CC(C#N)N(C(=O)CNC(C)(C)CC1(c2nnn[nH]2)c2ccc(C(=O)N(C)C)cc2CCc2cc(C(=O)N(C)C)ccc21)C1CC1. The molecule has 46 heavy (non-hydrogen) atoms. The van der Waals surface area contributed by atoms with Crippen molar-refractivity contribution in [1.82, 2.24) is 40.6 Å². The van der Waals surface area contributed by atoms with Crippen LogP contribution < -0.4 is 5.32 Å². The first-order chi connectivity index (χ1) is 21.8. The first-order valence-corrected chi connectivity index (χ1v) is 15.7. The van der Waals surface area contributed by atoms with Crippen LogP contribution in [-0.4, -0.2) is 105 Å². The maximum Gasteiger partial charge on any atom is 0.253 e. The number of carbonyl (C=O) groups excluding carboxylic acids is 3. The third-order valence-corrected chi connectivity index (χ3v) is 9.11. The van der Waals surface area contributed by atoms with Crippen LogP contribution in [0.5, 0.6) is 0 Å². The van der Waals surface area contributed by atoms with Gasteiger partial charge in [-0.15, -0.1) is 5.10 Å². The fourth-order valence-electron chi connectivity index (χ4n) is 6.78. The summed E-state index contributed by atoms with van der Waals surface area (Å²) in [5, 5.41) is 28.6. The van der Waals surface area contributed by atoms with E-state index in [9.17, 15) is 19.6 Å². The molecular weight excluding hydrogens is 582 g/mol. The molecule has 2 aliphatic carbocycles. The number of aromatic amines is 1. The van der Waals surface area contributed by atoms with Gasteiger partial charge in [-0.1, -0.05) is 12.1 Å². The molecule has 3 aromatic rings. The molecule has 1 fully saturated rings. The van der Waals surface area contributed by atoms with Crippen LogP contribution >= 0.6 is 0 Å². The van der Waals surface area contributed by atoms with Crippen molar-refractivity contribution in [3.63, 3.8) is 0 Å². The van der Waals surface area contributed by atoms with Crippen LogP contribution in [0.4, 0.5) is 0 Å². The molecule has 12 nitrogen and oxygen atoms in total. The van der Waals surface area contributed by atoms with E-state index in [1.165, 1.54) is 0 Å². The Labute approximate surface area is 270 Å². The quantitative estimate of drug-likeness (QED) is 0.349. The minimum Gasteiger partial charge on any atom is -0.345 e. The number of aromatic nitrogens is 4. The topological polar surface area (TPSA) is 151 Å². The molecule has 1 saturated carbocycles. The van der Waals surface area contributed by atoms with Crippen LogP contribution in [-0.2, 0) is 23.1 Å². The molecule has 2 aliphatic rings. The number of nitrogens with one attached hydrogen (secondary N) is 2. The van der Waals surface area contributed by atoms with E-state index in [1.54, 1.807) is 49.8 Å². The van der Waals surface area contributed by atoms with Gasteiger partial charge in [-0.05, 0) is 110 Å². The Morgan fingerprint density at radius 2 is 1.54 bits per heavy atom. The fourth-order valence-corrected chi connectivity index (χ4v) is 6.78. The van der Waals surface area contributed by atoms with Crippen molar-refractivity contribution in [2.24, 2.45) is 0 Å². The normalized spacial score (nSPS) is 15.9. The van der Waals surface area contributed by atoms with Crippen molar-refractivity contribution in [2.45, 2.75) is 75.9 Å². The Balaban J connectivity index is 1.64. The van der Waals surface area contributed by atoms with Gasteiger partial charge in [0.05, 0.1) is 18.0 Å². The number of rotatable bonds is 10. The lowest BCUT2D eigenvalue weighted by atomic mass is 9.65. The van der Waals surface area contributed by atoms with Crippen LogP contribution in [0, 0.1) is 11.3 Å². The summed E-state index contributed by atoms with van der Waals surface area (Å²) in [6.45, 7) is 5.90. The average molecular weight is 626 g/mol. The van der Waals surface area contributed by atoms with Gasteiger partial charge in [0, 0.05) is 50.9 Å². The number of nitrogens with zero attached hydrogens (tertiary/aromatic N) is 7. The monoisotopic (exact) mass is 625 g/mol.